The van der Waals surface area contributed by atoms with Crippen LogP contribution in [-0.2, 0) is 0 Å². The van der Waals surface area contributed by atoms with E-state index in [0.29, 0.717) is 23.6 Å². The lowest BCUT2D eigenvalue weighted by molar-refractivity contribution is 0.101. The minimum absolute atomic E-state index is 0.131. The van der Waals surface area contributed by atoms with Gasteiger partial charge in [0.25, 0.3) is 11.8 Å². The molecule has 148 valence electrons. The molecule has 0 aromatic heterocycles. The molecule has 3 rings (SSSR count). The molecular weight excluding hydrogens is 378 g/mol. The van der Waals surface area contributed by atoms with E-state index in [-0.39, 0.29) is 17.2 Å². The van der Waals surface area contributed by atoms with Crippen molar-refractivity contribution in [3.63, 3.8) is 0 Å². The summed E-state index contributed by atoms with van der Waals surface area (Å²) in [5.74, 6) is -2.17. The fourth-order valence-corrected chi connectivity index (χ4v) is 2.55. The Hall–Kier alpha value is -3.74. The van der Waals surface area contributed by atoms with Crippen LogP contribution >= 0.6 is 0 Å². The van der Waals surface area contributed by atoms with Crippen LogP contribution in [0.5, 0.6) is 5.75 Å². The van der Waals surface area contributed by atoms with E-state index in [0.717, 1.165) is 12.1 Å². The highest BCUT2D eigenvalue weighted by atomic mass is 19.2. The summed E-state index contributed by atoms with van der Waals surface area (Å²) in [4.78, 5) is 24.6. The van der Waals surface area contributed by atoms with Crippen molar-refractivity contribution in [1.29, 1.82) is 0 Å². The van der Waals surface area contributed by atoms with Gasteiger partial charge in [-0.1, -0.05) is 0 Å². The minimum atomic E-state index is -1.05. The van der Waals surface area contributed by atoms with Gasteiger partial charge in [-0.2, -0.15) is 0 Å². The molecule has 0 aliphatic heterocycles. The maximum atomic E-state index is 13.2. The van der Waals surface area contributed by atoms with Crippen molar-refractivity contribution in [2.75, 3.05) is 17.2 Å². The lowest BCUT2D eigenvalue weighted by atomic mass is 10.1. The summed E-state index contributed by atoms with van der Waals surface area (Å²) in [5.41, 5.74) is 1.38. The van der Waals surface area contributed by atoms with Gasteiger partial charge in [-0.15, -0.1) is 0 Å². The molecule has 3 aromatic rings. The summed E-state index contributed by atoms with van der Waals surface area (Å²) in [6.07, 6.45) is 0. The summed E-state index contributed by atoms with van der Waals surface area (Å²) in [7, 11) is 0. The molecule has 0 unspecified atom stereocenters. The van der Waals surface area contributed by atoms with E-state index in [1.165, 1.54) is 30.3 Å². The highest BCUT2D eigenvalue weighted by Crippen LogP contribution is 2.17. The first-order valence-electron chi connectivity index (χ1n) is 8.87. The zero-order valence-corrected chi connectivity index (χ0v) is 15.5. The molecule has 3 aromatic carbocycles. The van der Waals surface area contributed by atoms with Crippen LogP contribution in [0.4, 0.5) is 20.2 Å². The van der Waals surface area contributed by atoms with Gasteiger partial charge >= 0.3 is 0 Å². The first-order valence-corrected chi connectivity index (χ1v) is 8.87. The number of hydrogen-bond acceptors (Lipinski definition) is 3. The standard InChI is InChI=1S/C22H18F2N2O3/c1-2-29-18-10-7-16(8-11-18)25-21(27)14-3-5-15(6-4-14)22(28)26-17-9-12-19(23)20(24)13-17/h3-13H,2H2,1H3,(H,25,27)(H,26,28). The van der Waals surface area contributed by atoms with Gasteiger partial charge in [0.1, 0.15) is 5.75 Å². The zero-order valence-electron chi connectivity index (χ0n) is 15.5. The Bertz CT molecular complexity index is 1020. The predicted molar refractivity (Wildman–Crippen MR) is 106 cm³/mol. The molecule has 0 fully saturated rings. The molecule has 5 nitrogen and oxygen atoms in total. The molecule has 0 saturated heterocycles. The summed E-state index contributed by atoms with van der Waals surface area (Å²) < 4.78 is 31.5. The molecule has 0 heterocycles. The topological polar surface area (TPSA) is 67.4 Å². The molecule has 29 heavy (non-hydrogen) atoms. The Labute approximate surface area is 166 Å². The number of hydrogen-bond donors (Lipinski definition) is 2. The van der Waals surface area contributed by atoms with Crippen LogP contribution in [0.1, 0.15) is 27.6 Å². The summed E-state index contributed by atoms with van der Waals surface area (Å²) >= 11 is 0. The van der Waals surface area contributed by atoms with Gasteiger partial charge in [-0.05, 0) is 67.6 Å². The molecule has 0 bridgehead atoms. The number of ether oxygens (including phenoxy) is 1. The molecule has 0 aliphatic carbocycles. The second-order valence-corrected chi connectivity index (χ2v) is 6.07. The highest BCUT2D eigenvalue weighted by molar-refractivity contribution is 6.07. The van der Waals surface area contributed by atoms with Crippen LogP contribution in [-0.4, -0.2) is 18.4 Å². The number of carbonyl (C=O) groups excluding carboxylic acids is 2. The molecule has 7 heteroatoms. The average molecular weight is 396 g/mol. The van der Waals surface area contributed by atoms with E-state index in [9.17, 15) is 18.4 Å². The first-order chi connectivity index (χ1) is 14.0. The Morgan fingerprint density at radius 1 is 0.759 bits per heavy atom. The third kappa shape index (κ3) is 5.16. The Morgan fingerprint density at radius 3 is 1.79 bits per heavy atom. The zero-order chi connectivity index (χ0) is 20.8. The monoisotopic (exact) mass is 396 g/mol. The smallest absolute Gasteiger partial charge is 0.255 e. The van der Waals surface area contributed by atoms with Crippen LogP contribution < -0.4 is 15.4 Å². The second kappa shape index (κ2) is 8.97. The SMILES string of the molecule is CCOc1ccc(NC(=O)c2ccc(C(=O)Nc3ccc(F)c(F)c3)cc2)cc1. The van der Waals surface area contributed by atoms with Crippen molar-refractivity contribution in [3.05, 3.63) is 89.5 Å². The van der Waals surface area contributed by atoms with Crippen LogP contribution in [0.25, 0.3) is 0 Å². The van der Waals surface area contributed by atoms with Crippen molar-refractivity contribution in [2.24, 2.45) is 0 Å². The lowest BCUT2D eigenvalue weighted by Crippen LogP contribution is -2.14. The molecule has 2 N–H and O–H groups in total. The highest BCUT2D eigenvalue weighted by Gasteiger charge is 2.11. The number of carbonyl (C=O) groups is 2. The number of benzene rings is 3. The Kier molecular flexibility index (Phi) is 6.19. The van der Waals surface area contributed by atoms with E-state index < -0.39 is 17.5 Å². The number of halogens is 2. The maximum absolute atomic E-state index is 13.2. The molecule has 0 spiro atoms. The second-order valence-electron chi connectivity index (χ2n) is 6.07. The van der Waals surface area contributed by atoms with E-state index in [4.69, 9.17) is 4.74 Å². The van der Waals surface area contributed by atoms with Crippen LogP contribution in [0.3, 0.4) is 0 Å². The summed E-state index contributed by atoms with van der Waals surface area (Å²) in [6.45, 7) is 2.44. The summed E-state index contributed by atoms with van der Waals surface area (Å²) in [6, 6.07) is 16.0. The van der Waals surface area contributed by atoms with Crippen LogP contribution in [0.15, 0.2) is 66.7 Å². The van der Waals surface area contributed by atoms with E-state index >= 15 is 0 Å². The normalized spacial score (nSPS) is 10.3. The van der Waals surface area contributed by atoms with Gasteiger partial charge in [0.2, 0.25) is 0 Å². The Morgan fingerprint density at radius 2 is 1.28 bits per heavy atom. The van der Waals surface area contributed by atoms with Gasteiger partial charge in [0.15, 0.2) is 11.6 Å². The average Bonchev–Trinajstić information content (AvgIpc) is 2.72. The van der Waals surface area contributed by atoms with Crippen molar-refractivity contribution in [1.82, 2.24) is 0 Å². The maximum Gasteiger partial charge on any atom is 0.255 e. The number of anilines is 2. The summed E-state index contributed by atoms with van der Waals surface area (Å²) in [5, 5.41) is 5.23. The molecule has 0 radical (unpaired) electrons. The van der Waals surface area contributed by atoms with Gasteiger partial charge < -0.3 is 15.4 Å². The number of nitrogens with one attached hydrogen (secondary N) is 2. The first kappa shape index (κ1) is 20.0. The van der Waals surface area contributed by atoms with Crippen molar-refractivity contribution >= 4 is 23.2 Å². The molecular formula is C22H18F2N2O3. The number of rotatable bonds is 6. The van der Waals surface area contributed by atoms with E-state index in [1.54, 1.807) is 24.3 Å². The van der Waals surface area contributed by atoms with E-state index in [1.807, 2.05) is 6.92 Å². The lowest BCUT2D eigenvalue weighted by Gasteiger charge is -2.08. The van der Waals surface area contributed by atoms with Crippen LogP contribution in [0.2, 0.25) is 0 Å². The van der Waals surface area contributed by atoms with Crippen molar-refractivity contribution < 1.29 is 23.1 Å². The fraction of sp³-hybridized carbons (Fsp3) is 0.0909. The van der Waals surface area contributed by atoms with E-state index in [2.05, 4.69) is 10.6 Å². The molecule has 0 saturated carbocycles. The van der Waals surface area contributed by atoms with Crippen molar-refractivity contribution in [3.8, 4) is 5.75 Å². The Balaban J connectivity index is 1.63. The minimum Gasteiger partial charge on any atom is -0.494 e. The molecule has 0 atom stereocenters. The quantitative estimate of drug-likeness (QED) is 0.625. The third-order valence-corrected chi connectivity index (χ3v) is 4.01. The number of amides is 2. The van der Waals surface area contributed by atoms with Crippen molar-refractivity contribution in [2.45, 2.75) is 6.92 Å². The van der Waals surface area contributed by atoms with Crippen LogP contribution in [0, 0.1) is 11.6 Å². The van der Waals surface area contributed by atoms with Gasteiger partial charge in [0.05, 0.1) is 6.61 Å². The fourth-order valence-electron chi connectivity index (χ4n) is 2.55. The largest absolute Gasteiger partial charge is 0.494 e. The van der Waals surface area contributed by atoms with Gasteiger partial charge in [0, 0.05) is 28.6 Å². The van der Waals surface area contributed by atoms with Gasteiger partial charge in [-0.25, -0.2) is 8.78 Å². The third-order valence-electron chi connectivity index (χ3n) is 4.01. The molecule has 2 amide bonds. The molecule has 0 aliphatic rings. The van der Waals surface area contributed by atoms with Gasteiger partial charge in [-0.3, -0.25) is 9.59 Å². The predicted octanol–water partition coefficient (Wildman–Crippen LogP) is 4.87.